The Bertz CT molecular complexity index is 1420. The summed E-state index contributed by atoms with van der Waals surface area (Å²) in [4.78, 5) is 20.1. The maximum Gasteiger partial charge on any atom is 0.240 e. The summed E-state index contributed by atoms with van der Waals surface area (Å²) in [5.74, 6) is 0.126. The Balaban J connectivity index is 1.28. The molecule has 1 aromatic heterocycles. The van der Waals surface area contributed by atoms with Crippen molar-refractivity contribution in [2.24, 2.45) is 0 Å². The number of imidazole rings is 1. The number of rotatable bonds is 8. The molecule has 1 amide bonds. The number of benzene rings is 3. The van der Waals surface area contributed by atoms with Gasteiger partial charge in [0.05, 0.1) is 29.7 Å². The summed E-state index contributed by atoms with van der Waals surface area (Å²) in [6, 6.07) is 26.3. The molecule has 1 N–H and O–H groups in total. The molecule has 4 aromatic rings. The molecule has 5 rings (SSSR count). The van der Waals surface area contributed by atoms with E-state index in [1.165, 1.54) is 22.3 Å². The summed E-state index contributed by atoms with van der Waals surface area (Å²) < 4.78 is 2.13. The first kappa shape index (κ1) is 24.5. The number of hydrogen-bond donors (Lipinski definition) is 1. The normalized spacial score (nSPS) is 15.2. The quantitative estimate of drug-likeness (QED) is 0.394. The van der Waals surface area contributed by atoms with E-state index in [4.69, 9.17) is 5.26 Å². The molecule has 1 atom stereocenters. The first-order chi connectivity index (χ1) is 18.1. The van der Waals surface area contributed by atoms with E-state index in [9.17, 15) is 4.79 Å². The largest absolute Gasteiger partial charge is 0.333 e. The number of aryl methyl sites for hydroxylation is 3. The van der Waals surface area contributed by atoms with Crippen LogP contribution in [0.5, 0.6) is 0 Å². The van der Waals surface area contributed by atoms with Crippen LogP contribution in [0.25, 0.3) is 0 Å². The molecule has 0 saturated heterocycles. The third-order valence-electron chi connectivity index (χ3n) is 7.02. The van der Waals surface area contributed by atoms with E-state index < -0.39 is 0 Å². The van der Waals surface area contributed by atoms with E-state index in [1.54, 1.807) is 0 Å². The molecule has 0 bridgehead atoms. The molecule has 0 saturated carbocycles. The first-order valence-corrected chi connectivity index (χ1v) is 12.7. The molecule has 0 radical (unpaired) electrons. The highest BCUT2D eigenvalue weighted by Gasteiger charge is 2.29. The number of nitriles is 1. The molecular weight excluding hydrogens is 458 g/mol. The Morgan fingerprint density at radius 2 is 1.84 bits per heavy atom. The summed E-state index contributed by atoms with van der Waals surface area (Å²) in [7, 11) is 0. The van der Waals surface area contributed by atoms with Gasteiger partial charge < -0.3 is 9.47 Å². The lowest BCUT2D eigenvalue weighted by atomic mass is 10.0. The Kier molecular flexibility index (Phi) is 7.43. The third kappa shape index (κ3) is 5.96. The third-order valence-corrected chi connectivity index (χ3v) is 7.02. The second-order valence-electron chi connectivity index (χ2n) is 9.73. The van der Waals surface area contributed by atoms with E-state index in [2.05, 4.69) is 70.3 Å². The van der Waals surface area contributed by atoms with Crippen molar-refractivity contribution in [1.82, 2.24) is 19.8 Å². The summed E-state index contributed by atoms with van der Waals surface area (Å²) in [5.41, 5.74) is 7.66. The number of fused-ring (bicyclic) bond motifs is 1. The lowest BCUT2D eigenvalue weighted by molar-refractivity contribution is -0.134. The summed E-state index contributed by atoms with van der Waals surface area (Å²) in [5, 5.41) is 12.6. The minimum absolute atomic E-state index is 0.126. The van der Waals surface area contributed by atoms with Crippen LogP contribution in [0.15, 0.2) is 85.3 Å². The molecule has 37 heavy (non-hydrogen) atoms. The van der Waals surface area contributed by atoms with Gasteiger partial charge in [0.1, 0.15) is 0 Å². The fraction of sp³-hybridized carbons (Fsp3) is 0.258. The zero-order chi connectivity index (χ0) is 25.6. The van der Waals surface area contributed by atoms with E-state index in [-0.39, 0.29) is 11.9 Å². The first-order valence-electron chi connectivity index (χ1n) is 12.7. The molecular formula is C31H31N5O. The van der Waals surface area contributed by atoms with Crippen molar-refractivity contribution in [1.29, 1.82) is 5.26 Å². The standard InChI is InChI=1S/C31H31N5O/c1-23-5-4-6-26(15-23)20-36-21-28-8-3-2-7-27(28)16-30(31(36)37)34-19-29-18-33-22-35(29)14-13-24-9-11-25(17-32)12-10-24/h2-12,15,18,22,30,34H,13-14,16,19-21H2,1H3/t30-/m0/s1. The van der Waals surface area contributed by atoms with E-state index >= 15 is 0 Å². The molecule has 1 aliphatic heterocycles. The van der Waals surface area contributed by atoms with Crippen LogP contribution in [0.3, 0.4) is 0 Å². The van der Waals surface area contributed by atoms with Crippen molar-refractivity contribution in [2.45, 2.75) is 52.0 Å². The van der Waals surface area contributed by atoms with Crippen molar-refractivity contribution in [3.8, 4) is 6.07 Å². The minimum atomic E-state index is -0.310. The van der Waals surface area contributed by atoms with Crippen LogP contribution in [0.2, 0.25) is 0 Å². The highest BCUT2D eigenvalue weighted by atomic mass is 16.2. The van der Waals surface area contributed by atoms with Gasteiger partial charge in [0.25, 0.3) is 0 Å². The van der Waals surface area contributed by atoms with Crippen LogP contribution in [-0.2, 0) is 43.8 Å². The second kappa shape index (κ2) is 11.2. The Morgan fingerprint density at radius 3 is 2.62 bits per heavy atom. The van der Waals surface area contributed by atoms with Gasteiger partial charge in [-0.05, 0) is 54.2 Å². The molecule has 0 aliphatic carbocycles. The number of aromatic nitrogens is 2. The molecule has 0 fully saturated rings. The summed E-state index contributed by atoms with van der Waals surface area (Å²) in [6.07, 6.45) is 5.22. The van der Waals surface area contributed by atoms with Gasteiger partial charge in [-0.2, -0.15) is 5.26 Å². The van der Waals surface area contributed by atoms with Crippen molar-refractivity contribution in [3.05, 3.63) is 124 Å². The minimum Gasteiger partial charge on any atom is -0.333 e. The molecule has 2 heterocycles. The summed E-state index contributed by atoms with van der Waals surface area (Å²) in [6.45, 7) is 4.63. The molecule has 0 spiro atoms. The van der Waals surface area contributed by atoms with Crippen molar-refractivity contribution < 1.29 is 4.79 Å². The van der Waals surface area contributed by atoms with Gasteiger partial charge >= 0.3 is 0 Å². The number of carbonyl (C=O) groups is 1. The van der Waals surface area contributed by atoms with Gasteiger partial charge in [-0.25, -0.2) is 4.98 Å². The second-order valence-corrected chi connectivity index (χ2v) is 9.73. The maximum atomic E-state index is 13.7. The van der Waals surface area contributed by atoms with Crippen LogP contribution in [0.4, 0.5) is 0 Å². The average molecular weight is 490 g/mol. The number of nitrogens with zero attached hydrogens (tertiary/aromatic N) is 4. The number of amides is 1. The topological polar surface area (TPSA) is 74.0 Å². The van der Waals surface area contributed by atoms with E-state index in [1.807, 2.05) is 47.8 Å². The lowest BCUT2D eigenvalue weighted by Crippen LogP contribution is -2.45. The van der Waals surface area contributed by atoms with Gasteiger partial charge in [0.15, 0.2) is 0 Å². The van der Waals surface area contributed by atoms with E-state index in [0.29, 0.717) is 31.6 Å². The molecule has 0 unspecified atom stereocenters. The maximum absolute atomic E-state index is 13.7. The van der Waals surface area contributed by atoms with Crippen molar-refractivity contribution >= 4 is 5.91 Å². The fourth-order valence-corrected chi connectivity index (χ4v) is 4.97. The Labute approximate surface area is 218 Å². The zero-order valence-electron chi connectivity index (χ0n) is 21.1. The van der Waals surface area contributed by atoms with Gasteiger partial charge in [0, 0.05) is 32.4 Å². The van der Waals surface area contributed by atoms with Crippen LogP contribution < -0.4 is 5.32 Å². The number of nitrogens with one attached hydrogen (secondary N) is 1. The molecule has 6 nitrogen and oxygen atoms in total. The van der Waals surface area contributed by atoms with Crippen molar-refractivity contribution in [2.75, 3.05) is 0 Å². The predicted molar refractivity (Wildman–Crippen MR) is 143 cm³/mol. The monoisotopic (exact) mass is 489 g/mol. The van der Waals surface area contributed by atoms with Crippen LogP contribution >= 0.6 is 0 Å². The van der Waals surface area contributed by atoms with Gasteiger partial charge in [0.2, 0.25) is 5.91 Å². The number of carbonyl (C=O) groups excluding carboxylic acids is 1. The Morgan fingerprint density at radius 1 is 1.03 bits per heavy atom. The van der Waals surface area contributed by atoms with Gasteiger partial charge in [-0.1, -0.05) is 66.2 Å². The van der Waals surface area contributed by atoms with E-state index in [0.717, 1.165) is 24.2 Å². The molecule has 3 aromatic carbocycles. The molecule has 6 heteroatoms. The molecule has 1 aliphatic rings. The summed E-state index contributed by atoms with van der Waals surface area (Å²) >= 11 is 0. The highest BCUT2D eigenvalue weighted by molar-refractivity contribution is 5.83. The Hall–Kier alpha value is -4.21. The van der Waals surface area contributed by atoms with Gasteiger partial charge in [-0.15, -0.1) is 0 Å². The van der Waals surface area contributed by atoms with Crippen LogP contribution in [-0.4, -0.2) is 26.4 Å². The molecule has 186 valence electrons. The predicted octanol–water partition coefficient (Wildman–Crippen LogP) is 4.55. The van der Waals surface area contributed by atoms with Crippen LogP contribution in [0.1, 0.15) is 39.1 Å². The highest BCUT2D eigenvalue weighted by Crippen LogP contribution is 2.22. The van der Waals surface area contributed by atoms with Crippen molar-refractivity contribution in [3.63, 3.8) is 0 Å². The van der Waals surface area contributed by atoms with Crippen LogP contribution in [0, 0.1) is 18.3 Å². The number of hydrogen-bond acceptors (Lipinski definition) is 4. The SMILES string of the molecule is Cc1cccc(CN2Cc3ccccc3C[C@H](NCc3cncn3CCc3ccc(C#N)cc3)C2=O)c1. The lowest BCUT2D eigenvalue weighted by Gasteiger charge is -2.25. The fourth-order valence-electron chi connectivity index (χ4n) is 4.97. The zero-order valence-corrected chi connectivity index (χ0v) is 21.1. The smallest absolute Gasteiger partial charge is 0.240 e. The average Bonchev–Trinajstić information content (AvgIpc) is 3.32. The van der Waals surface area contributed by atoms with Gasteiger partial charge in [-0.3, -0.25) is 10.1 Å².